The third-order valence-electron chi connectivity index (χ3n) is 2.13. The van der Waals surface area contributed by atoms with Crippen molar-refractivity contribution >= 4 is 6.29 Å². The predicted molar refractivity (Wildman–Crippen MR) is 52.2 cm³/mol. The third-order valence-corrected chi connectivity index (χ3v) is 2.13. The van der Waals surface area contributed by atoms with Crippen LogP contribution in [0.1, 0.15) is 29.5 Å². The minimum atomic E-state index is -2.69. The Labute approximate surface area is 86.5 Å². The van der Waals surface area contributed by atoms with Crippen molar-refractivity contribution in [3.63, 3.8) is 0 Å². The van der Waals surface area contributed by atoms with Gasteiger partial charge in [0.2, 0.25) is 0 Å². The highest BCUT2D eigenvalue weighted by molar-refractivity contribution is 5.52. The highest BCUT2D eigenvalue weighted by Crippen LogP contribution is 2.32. The molecule has 1 rings (SSSR count). The van der Waals surface area contributed by atoms with Gasteiger partial charge in [0.1, 0.15) is 12.0 Å². The summed E-state index contributed by atoms with van der Waals surface area (Å²) in [5.74, 6) is -0.391. The Kier molecular flexibility index (Phi) is 3.77. The SMILES string of the molecule is Cc1cc(CCC=O)c(O)c(C(F)F)c1. The van der Waals surface area contributed by atoms with Gasteiger partial charge in [0, 0.05) is 6.42 Å². The largest absolute Gasteiger partial charge is 0.507 e. The summed E-state index contributed by atoms with van der Waals surface area (Å²) in [7, 11) is 0. The highest BCUT2D eigenvalue weighted by atomic mass is 19.3. The zero-order chi connectivity index (χ0) is 11.4. The van der Waals surface area contributed by atoms with Crippen molar-refractivity contribution in [1.82, 2.24) is 0 Å². The van der Waals surface area contributed by atoms with Gasteiger partial charge >= 0.3 is 0 Å². The van der Waals surface area contributed by atoms with Crippen LogP contribution in [0.15, 0.2) is 12.1 Å². The minimum Gasteiger partial charge on any atom is -0.507 e. The van der Waals surface area contributed by atoms with Crippen molar-refractivity contribution in [2.24, 2.45) is 0 Å². The van der Waals surface area contributed by atoms with Crippen molar-refractivity contribution < 1.29 is 18.7 Å². The number of phenols is 1. The number of aryl methyl sites for hydroxylation is 2. The molecule has 2 nitrogen and oxygen atoms in total. The molecule has 0 aromatic heterocycles. The molecule has 0 aliphatic rings. The van der Waals surface area contributed by atoms with Crippen LogP contribution < -0.4 is 0 Å². The van der Waals surface area contributed by atoms with Gasteiger partial charge < -0.3 is 9.90 Å². The molecular formula is C11H12F2O2. The number of aromatic hydroxyl groups is 1. The summed E-state index contributed by atoms with van der Waals surface area (Å²) in [6, 6.07) is 2.87. The zero-order valence-electron chi connectivity index (χ0n) is 8.34. The van der Waals surface area contributed by atoms with Gasteiger partial charge in [-0.05, 0) is 25.0 Å². The van der Waals surface area contributed by atoms with Crippen LogP contribution in [0.5, 0.6) is 5.75 Å². The standard InChI is InChI=1S/C11H12F2O2/c1-7-5-8(3-2-4-14)10(15)9(6-7)11(12)13/h4-6,11,15H,2-3H2,1H3. The molecule has 0 saturated carbocycles. The molecule has 0 heterocycles. The minimum absolute atomic E-state index is 0.222. The Bertz CT molecular complexity index is 362. The topological polar surface area (TPSA) is 37.3 Å². The zero-order valence-corrected chi connectivity index (χ0v) is 8.34. The van der Waals surface area contributed by atoms with Gasteiger partial charge in [-0.25, -0.2) is 8.78 Å². The van der Waals surface area contributed by atoms with Crippen LogP contribution in [-0.4, -0.2) is 11.4 Å². The Morgan fingerprint density at radius 1 is 1.47 bits per heavy atom. The average molecular weight is 214 g/mol. The van der Waals surface area contributed by atoms with Gasteiger partial charge in [0.15, 0.2) is 0 Å². The smallest absolute Gasteiger partial charge is 0.267 e. The number of halogens is 2. The predicted octanol–water partition coefficient (Wildman–Crippen LogP) is 2.77. The van der Waals surface area contributed by atoms with Crippen LogP contribution in [0.4, 0.5) is 8.78 Å². The van der Waals surface area contributed by atoms with Gasteiger partial charge in [-0.1, -0.05) is 11.6 Å². The first-order chi connectivity index (χ1) is 7.06. The van der Waals surface area contributed by atoms with Gasteiger partial charge in [0.25, 0.3) is 6.43 Å². The third kappa shape index (κ3) is 2.75. The van der Waals surface area contributed by atoms with Gasteiger partial charge in [-0.15, -0.1) is 0 Å². The molecule has 0 radical (unpaired) electrons. The van der Waals surface area contributed by atoms with E-state index in [1.165, 1.54) is 6.07 Å². The lowest BCUT2D eigenvalue weighted by molar-refractivity contribution is -0.107. The molecule has 82 valence electrons. The molecule has 0 unspecified atom stereocenters. The number of benzene rings is 1. The molecule has 0 spiro atoms. The van der Waals surface area contributed by atoms with Crippen LogP contribution >= 0.6 is 0 Å². The first-order valence-electron chi connectivity index (χ1n) is 4.60. The maximum atomic E-state index is 12.5. The van der Waals surface area contributed by atoms with E-state index in [4.69, 9.17) is 0 Å². The Hall–Kier alpha value is -1.45. The molecule has 0 amide bonds. The summed E-state index contributed by atoms with van der Waals surface area (Å²) in [6.07, 6.45) is -1.49. The summed E-state index contributed by atoms with van der Waals surface area (Å²) in [5, 5.41) is 9.51. The maximum Gasteiger partial charge on any atom is 0.267 e. The van der Waals surface area contributed by atoms with Crippen LogP contribution in [0.3, 0.4) is 0 Å². The van der Waals surface area contributed by atoms with Crippen molar-refractivity contribution in [2.75, 3.05) is 0 Å². The summed E-state index contributed by atoms with van der Waals surface area (Å²) in [6.45, 7) is 1.68. The number of carbonyl (C=O) groups excluding carboxylic acids is 1. The Morgan fingerprint density at radius 2 is 2.13 bits per heavy atom. The van der Waals surface area contributed by atoms with Crippen LogP contribution in [-0.2, 0) is 11.2 Å². The lowest BCUT2D eigenvalue weighted by Crippen LogP contribution is -1.94. The normalized spacial score (nSPS) is 10.7. The highest BCUT2D eigenvalue weighted by Gasteiger charge is 2.16. The number of aldehydes is 1. The lowest BCUT2D eigenvalue weighted by Gasteiger charge is -2.09. The van der Waals surface area contributed by atoms with E-state index in [1.807, 2.05) is 0 Å². The van der Waals surface area contributed by atoms with Crippen molar-refractivity contribution in [2.45, 2.75) is 26.2 Å². The van der Waals surface area contributed by atoms with Crippen LogP contribution in [0.2, 0.25) is 0 Å². The number of hydrogen-bond donors (Lipinski definition) is 1. The van der Waals surface area contributed by atoms with Crippen LogP contribution in [0, 0.1) is 6.92 Å². The maximum absolute atomic E-state index is 12.5. The van der Waals surface area contributed by atoms with E-state index in [9.17, 15) is 18.7 Å². The second-order valence-corrected chi connectivity index (χ2v) is 3.37. The van der Waals surface area contributed by atoms with E-state index in [-0.39, 0.29) is 18.4 Å². The lowest BCUT2D eigenvalue weighted by atomic mass is 10.0. The summed E-state index contributed by atoms with van der Waals surface area (Å²) in [5.41, 5.74) is 0.692. The number of alkyl halides is 2. The van der Waals surface area contributed by atoms with E-state index in [2.05, 4.69) is 0 Å². The van der Waals surface area contributed by atoms with E-state index in [0.717, 1.165) is 0 Å². The van der Waals surface area contributed by atoms with Gasteiger partial charge in [-0.2, -0.15) is 0 Å². The molecular weight excluding hydrogens is 202 g/mol. The van der Waals surface area contributed by atoms with Crippen molar-refractivity contribution in [3.05, 3.63) is 28.8 Å². The molecule has 1 aromatic carbocycles. The summed E-state index contributed by atoms with van der Waals surface area (Å²) in [4.78, 5) is 10.2. The van der Waals surface area contributed by atoms with E-state index >= 15 is 0 Å². The fourth-order valence-corrected chi connectivity index (χ4v) is 1.46. The van der Waals surface area contributed by atoms with E-state index < -0.39 is 12.2 Å². The first-order valence-corrected chi connectivity index (χ1v) is 4.60. The number of rotatable bonds is 4. The van der Waals surface area contributed by atoms with Crippen molar-refractivity contribution in [3.8, 4) is 5.75 Å². The number of hydrogen-bond acceptors (Lipinski definition) is 2. The molecule has 0 fully saturated rings. The Balaban J connectivity index is 3.10. The van der Waals surface area contributed by atoms with Crippen molar-refractivity contribution in [1.29, 1.82) is 0 Å². The fraction of sp³-hybridized carbons (Fsp3) is 0.364. The van der Waals surface area contributed by atoms with E-state index in [0.29, 0.717) is 17.4 Å². The average Bonchev–Trinajstić information content (AvgIpc) is 2.18. The number of carbonyl (C=O) groups is 1. The van der Waals surface area contributed by atoms with Gasteiger partial charge in [-0.3, -0.25) is 0 Å². The fourth-order valence-electron chi connectivity index (χ4n) is 1.46. The number of phenolic OH excluding ortho intramolecular Hbond substituents is 1. The molecule has 0 saturated heterocycles. The van der Waals surface area contributed by atoms with E-state index in [1.54, 1.807) is 13.0 Å². The molecule has 4 heteroatoms. The Morgan fingerprint density at radius 3 is 2.67 bits per heavy atom. The quantitative estimate of drug-likeness (QED) is 0.782. The summed E-state index contributed by atoms with van der Waals surface area (Å²) >= 11 is 0. The monoisotopic (exact) mass is 214 g/mol. The molecule has 1 aromatic rings. The first kappa shape index (κ1) is 11.6. The molecule has 1 N–H and O–H groups in total. The second-order valence-electron chi connectivity index (χ2n) is 3.37. The second kappa shape index (κ2) is 4.87. The molecule has 0 aliphatic heterocycles. The molecule has 0 atom stereocenters. The molecule has 15 heavy (non-hydrogen) atoms. The summed E-state index contributed by atoms with van der Waals surface area (Å²) < 4.78 is 25.0. The van der Waals surface area contributed by atoms with Crippen LogP contribution in [0.25, 0.3) is 0 Å². The molecule has 0 aliphatic carbocycles. The van der Waals surface area contributed by atoms with Gasteiger partial charge in [0.05, 0.1) is 5.56 Å². The molecule has 0 bridgehead atoms.